The molecule has 1 heterocycles. The summed E-state index contributed by atoms with van der Waals surface area (Å²) in [5, 5.41) is 3.37. The Morgan fingerprint density at radius 2 is 2.14 bits per heavy atom. The lowest BCUT2D eigenvalue weighted by molar-refractivity contribution is 0.152. The molecule has 0 radical (unpaired) electrons. The average Bonchev–Trinajstić information content (AvgIpc) is 2.54. The van der Waals surface area contributed by atoms with Gasteiger partial charge in [0.1, 0.15) is 5.75 Å². The van der Waals surface area contributed by atoms with Gasteiger partial charge in [-0.1, -0.05) is 18.6 Å². The lowest BCUT2D eigenvalue weighted by atomic mass is 10.0. The zero-order valence-corrected chi connectivity index (χ0v) is 14.2. The van der Waals surface area contributed by atoms with E-state index in [0.29, 0.717) is 6.04 Å². The minimum absolute atomic E-state index is 0.690. The third-order valence-electron chi connectivity index (χ3n) is 4.48. The first kappa shape index (κ1) is 17.3. The van der Waals surface area contributed by atoms with Crippen LogP contribution in [0.1, 0.15) is 37.3 Å². The molecule has 4 heteroatoms. The summed E-state index contributed by atoms with van der Waals surface area (Å²) in [6.07, 6.45) is 4.01. The van der Waals surface area contributed by atoms with Crippen molar-refractivity contribution in [1.82, 2.24) is 10.2 Å². The molecular weight excluding hydrogens is 276 g/mol. The minimum Gasteiger partial charge on any atom is -0.496 e. The molecule has 1 aromatic carbocycles. The van der Waals surface area contributed by atoms with Crippen molar-refractivity contribution < 1.29 is 9.47 Å². The van der Waals surface area contributed by atoms with Gasteiger partial charge >= 0.3 is 0 Å². The topological polar surface area (TPSA) is 33.7 Å². The van der Waals surface area contributed by atoms with Gasteiger partial charge < -0.3 is 14.8 Å². The molecule has 0 aromatic heterocycles. The second-order valence-electron chi connectivity index (χ2n) is 6.13. The summed E-state index contributed by atoms with van der Waals surface area (Å²) in [6.45, 7) is 6.97. The molecular formula is C18H30N2O2. The molecule has 1 N–H and O–H groups in total. The Kier molecular flexibility index (Phi) is 7.16. The van der Waals surface area contributed by atoms with E-state index in [-0.39, 0.29) is 0 Å². The molecule has 0 aliphatic carbocycles. The van der Waals surface area contributed by atoms with Gasteiger partial charge in [-0.2, -0.15) is 0 Å². The van der Waals surface area contributed by atoms with Crippen molar-refractivity contribution in [3.63, 3.8) is 0 Å². The maximum Gasteiger partial charge on any atom is 0.123 e. The minimum atomic E-state index is 0.690. The summed E-state index contributed by atoms with van der Waals surface area (Å²) >= 11 is 0. The fourth-order valence-corrected chi connectivity index (χ4v) is 3.06. The molecule has 1 aliphatic heterocycles. The fraction of sp³-hybridized carbons (Fsp3) is 0.667. The number of nitrogens with zero attached hydrogens (tertiary/aromatic N) is 1. The van der Waals surface area contributed by atoms with Gasteiger partial charge in [0.25, 0.3) is 0 Å². The predicted molar refractivity (Wildman–Crippen MR) is 90.3 cm³/mol. The summed E-state index contributed by atoms with van der Waals surface area (Å²) in [5.41, 5.74) is 2.54. The van der Waals surface area contributed by atoms with Gasteiger partial charge in [0, 0.05) is 38.3 Å². The van der Waals surface area contributed by atoms with Crippen LogP contribution in [0.25, 0.3) is 0 Å². The van der Waals surface area contributed by atoms with E-state index in [1.165, 1.54) is 36.9 Å². The SMILES string of the molecule is COCCNCc1ccc(CN2CCCCC2C)cc1OC. The summed E-state index contributed by atoms with van der Waals surface area (Å²) in [5.74, 6) is 0.979. The highest BCUT2D eigenvalue weighted by Gasteiger charge is 2.18. The molecule has 1 aromatic rings. The second-order valence-corrected chi connectivity index (χ2v) is 6.13. The van der Waals surface area contributed by atoms with Crippen LogP contribution in [0.3, 0.4) is 0 Å². The Balaban J connectivity index is 1.95. The summed E-state index contributed by atoms with van der Waals surface area (Å²) in [6, 6.07) is 7.30. The number of rotatable bonds is 8. The van der Waals surface area contributed by atoms with E-state index in [9.17, 15) is 0 Å². The van der Waals surface area contributed by atoms with Crippen LogP contribution in [-0.4, -0.2) is 44.9 Å². The highest BCUT2D eigenvalue weighted by atomic mass is 16.5. The number of methoxy groups -OCH3 is 2. The van der Waals surface area contributed by atoms with Crippen LogP contribution >= 0.6 is 0 Å². The van der Waals surface area contributed by atoms with Crippen LogP contribution in [-0.2, 0) is 17.8 Å². The highest BCUT2D eigenvalue weighted by Crippen LogP contribution is 2.24. The van der Waals surface area contributed by atoms with Crippen LogP contribution in [0.5, 0.6) is 5.75 Å². The molecule has 2 rings (SSSR count). The number of hydrogen-bond acceptors (Lipinski definition) is 4. The molecule has 1 atom stereocenters. The maximum atomic E-state index is 5.57. The van der Waals surface area contributed by atoms with Crippen LogP contribution < -0.4 is 10.1 Å². The van der Waals surface area contributed by atoms with Gasteiger partial charge in [-0.3, -0.25) is 4.90 Å². The normalized spacial score (nSPS) is 19.3. The Hall–Kier alpha value is -1.10. The van der Waals surface area contributed by atoms with E-state index in [2.05, 4.69) is 35.3 Å². The molecule has 1 fully saturated rings. The first-order chi connectivity index (χ1) is 10.7. The van der Waals surface area contributed by atoms with Crippen molar-refractivity contribution in [3.05, 3.63) is 29.3 Å². The lowest BCUT2D eigenvalue weighted by Gasteiger charge is -2.33. The van der Waals surface area contributed by atoms with Crippen molar-refractivity contribution in [2.24, 2.45) is 0 Å². The first-order valence-electron chi connectivity index (χ1n) is 8.34. The van der Waals surface area contributed by atoms with Crippen molar-refractivity contribution in [1.29, 1.82) is 0 Å². The highest BCUT2D eigenvalue weighted by molar-refractivity contribution is 5.37. The predicted octanol–water partition coefficient (Wildman–Crippen LogP) is 2.81. The van der Waals surface area contributed by atoms with Crippen molar-refractivity contribution >= 4 is 0 Å². The molecule has 0 bridgehead atoms. The molecule has 22 heavy (non-hydrogen) atoms. The van der Waals surface area contributed by atoms with Gasteiger partial charge in [0.05, 0.1) is 13.7 Å². The van der Waals surface area contributed by atoms with Gasteiger partial charge in [0.15, 0.2) is 0 Å². The van der Waals surface area contributed by atoms with Crippen LogP contribution in [0, 0.1) is 0 Å². The van der Waals surface area contributed by atoms with E-state index < -0.39 is 0 Å². The van der Waals surface area contributed by atoms with Gasteiger partial charge in [-0.15, -0.1) is 0 Å². The fourth-order valence-electron chi connectivity index (χ4n) is 3.06. The monoisotopic (exact) mass is 306 g/mol. The largest absolute Gasteiger partial charge is 0.496 e. The van der Waals surface area contributed by atoms with Crippen molar-refractivity contribution in [2.45, 2.75) is 45.3 Å². The third kappa shape index (κ3) is 4.97. The van der Waals surface area contributed by atoms with Crippen molar-refractivity contribution in [3.8, 4) is 5.75 Å². The van der Waals surface area contributed by atoms with E-state index in [0.717, 1.165) is 32.0 Å². The second kappa shape index (κ2) is 9.13. The Labute approximate surface area is 134 Å². The number of piperidine rings is 1. The van der Waals surface area contributed by atoms with E-state index in [1.54, 1.807) is 14.2 Å². The quantitative estimate of drug-likeness (QED) is 0.749. The standard InChI is InChI=1S/C18H30N2O2/c1-15-6-4-5-10-20(15)14-16-7-8-17(18(12-16)22-3)13-19-9-11-21-2/h7-8,12,15,19H,4-6,9-11,13-14H2,1-3H3. The lowest BCUT2D eigenvalue weighted by Crippen LogP contribution is -2.36. The molecule has 1 saturated heterocycles. The van der Waals surface area contributed by atoms with Crippen LogP contribution in [0.15, 0.2) is 18.2 Å². The van der Waals surface area contributed by atoms with Gasteiger partial charge in [-0.05, 0) is 37.9 Å². The Morgan fingerprint density at radius 3 is 2.86 bits per heavy atom. The number of benzene rings is 1. The molecule has 0 spiro atoms. The average molecular weight is 306 g/mol. The summed E-state index contributed by atoms with van der Waals surface area (Å²) < 4.78 is 10.6. The first-order valence-corrected chi connectivity index (χ1v) is 8.34. The van der Waals surface area contributed by atoms with Crippen LogP contribution in [0.2, 0.25) is 0 Å². The number of hydrogen-bond donors (Lipinski definition) is 1. The Morgan fingerprint density at radius 1 is 1.27 bits per heavy atom. The summed E-state index contributed by atoms with van der Waals surface area (Å²) in [4.78, 5) is 2.58. The van der Waals surface area contributed by atoms with Gasteiger partial charge in [-0.25, -0.2) is 0 Å². The molecule has 4 nitrogen and oxygen atoms in total. The van der Waals surface area contributed by atoms with E-state index in [4.69, 9.17) is 9.47 Å². The molecule has 1 unspecified atom stereocenters. The zero-order valence-electron chi connectivity index (χ0n) is 14.2. The van der Waals surface area contributed by atoms with E-state index in [1.807, 2.05) is 0 Å². The number of ether oxygens (including phenoxy) is 2. The van der Waals surface area contributed by atoms with Crippen LogP contribution in [0.4, 0.5) is 0 Å². The zero-order chi connectivity index (χ0) is 15.8. The molecule has 124 valence electrons. The van der Waals surface area contributed by atoms with Crippen molar-refractivity contribution in [2.75, 3.05) is 33.9 Å². The number of nitrogens with one attached hydrogen (secondary N) is 1. The molecule has 0 saturated carbocycles. The van der Waals surface area contributed by atoms with E-state index >= 15 is 0 Å². The number of likely N-dealkylation sites (tertiary alicyclic amines) is 1. The van der Waals surface area contributed by atoms with Gasteiger partial charge in [0.2, 0.25) is 0 Å². The Bertz CT molecular complexity index is 451. The summed E-state index contributed by atoms with van der Waals surface area (Å²) in [7, 11) is 3.47. The molecule has 0 amide bonds. The maximum absolute atomic E-state index is 5.57. The molecule has 1 aliphatic rings. The smallest absolute Gasteiger partial charge is 0.123 e. The third-order valence-corrected chi connectivity index (χ3v) is 4.48.